The largest absolute Gasteiger partial charge is 0.741 e. The standard InChI is InChI=1S/C11H14F2NO2.CHF3O3S/c1-14(2,3)10-8(12)5-7(6-9(10)13)11(15)16-4;2-1(3,4)8(5,6)7/h5-6H,1-4H3;(H,5,6,7)/q+1;/p-1. The van der Waals surface area contributed by atoms with Crippen molar-refractivity contribution in [2.45, 2.75) is 5.51 Å². The fourth-order valence-corrected chi connectivity index (χ4v) is 1.44. The molecule has 0 amide bonds. The number of carbonyl (C=O) groups is 1. The molecule has 0 aliphatic carbocycles. The molecule has 0 saturated carbocycles. The average Bonchev–Trinajstić information content (AvgIpc) is 2.33. The second-order valence-electron chi connectivity index (χ2n) is 5.19. The Bertz CT molecular complexity index is 687. The maximum atomic E-state index is 13.6. The Balaban J connectivity index is 0.000000561. The van der Waals surface area contributed by atoms with Crippen molar-refractivity contribution in [3.05, 3.63) is 29.3 Å². The van der Waals surface area contributed by atoms with Gasteiger partial charge in [0, 0.05) is 0 Å². The summed E-state index contributed by atoms with van der Waals surface area (Å²) in [4.78, 5) is 11.1. The number of esters is 1. The van der Waals surface area contributed by atoms with E-state index in [0.29, 0.717) is 0 Å². The van der Waals surface area contributed by atoms with Crippen molar-refractivity contribution in [2.75, 3.05) is 28.3 Å². The van der Waals surface area contributed by atoms with Crippen LogP contribution in [0.1, 0.15) is 10.4 Å². The van der Waals surface area contributed by atoms with Gasteiger partial charge in [0.2, 0.25) is 5.69 Å². The molecule has 0 heterocycles. The molecule has 0 spiro atoms. The molecule has 0 aliphatic heterocycles. The Morgan fingerprint density at radius 1 is 1.12 bits per heavy atom. The third kappa shape index (κ3) is 6.02. The van der Waals surface area contributed by atoms with Crippen molar-refractivity contribution in [2.24, 2.45) is 0 Å². The predicted molar refractivity (Wildman–Crippen MR) is 73.0 cm³/mol. The molecule has 0 bridgehead atoms. The van der Waals surface area contributed by atoms with Crippen LogP contribution in [0.3, 0.4) is 0 Å². The molecule has 0 unspecified atom stereocenters. The van der Waals surface area contributed by atoms with E-state index in [9.17, 15) is 26.7 Å². The summed E-state index contributed by atoms with van der Waals surface area (Å²) >= 11 is 0. The first-order valence-electron chi connectivity index (χ1n) is 5.94. The van der Waals surface area contributed by atoms with Crippen LogP contribution in [0.4, 0.5) is 27.6 Å². The summed E-state index contributed by atoms with van der Waals surface area (Å²) in [6.45, 7) is 0. The molecule has 12 heteroatoms. The maximum absolute atomic E-state index is 13.6. The number of ether oxygens (including phenoxy) is 1. The monoisotopic (exact) mass is 379 g/mol. The lowest BCUT2D eigenvalue weighted by Crippen LogP contribution is -2.36. The van der Waals surface area contributed by atoms with Gasteiger partial charge in [-0.15, -0.1) is 0 Å². The van der Waals surface area contributed by atoms with Gasteiger partial charge in [0.1, 0.15) is 0 Å². The van der Waals surface area contributed by atoms with Crippen molar-refractivity contribution < 1.29 is 44.5 Å². The Labute approximate surface area is 134 Å². The normalized spacial score (nSPS) is 12.2. The summed E-state index contributed by atoms with van der Waals surface area (Å²) in [6, 6.07) is 1.96. The van der Waals surface area contributed by atoms with Crippen molar-refractivity contribution in [3.8, 4) is 0 Å². The third-order valence-corrected chi connectivity index (χ3v) is 2.96. The second-order valence-corrected chi connectivity index (χ2v) is 6.56. The number of alkyl halides is 3. The van der Waals surface area contributed by atoms with Gasteiger partial charge in [-0.2, -0.15) is 13.2 Å². The van der Waals surface area contributed by atoms with Crippen molar-refractivity contribution in [1.82, 2.24) is 4.48 Å². The third-order valence-electron chi connectivity index (χ3n) is 2.39. The number of benzene rings is 1. The first-order valence-corrected chi connectivity index (χ1v) is 7.34. The molecule has 138 valence electrons. The number of quaternary nitrogens is 1. The van der Waals surface area contributed by atoms with Gasteiger partial charge in [0.05, 0.1) is 33.8 Å². The summed E-state index contributed by atoms with van der Waals surface area (Å²) in [7, 11) is -0.0171. The predicted octanol–water partition coefficient (Wildman–Crippen LogP) is 2.00. The highest BCUT2D eigenvalue weighted by Crippen LogP contribution is 2.27. The molecule has 24 heavy (non-hydrogen) atoms. The molecule has 0 aromatic heterocycles. The number of rotatable bonds is 2. The Morgan fingerprint density at radius 3 is 1.67 bits per heavy atom. The summed E-state index contributed by atoms with van der Waals surface area (Å²) < 4.78 is 90.6. The lowest BCUT2D eigenvalue weighted by atomic mass is 10.1. The zero-order valence-electron chi connectivity index (χ0n) is 12.9. The lowest BCUT2D eigenvalue weighted by Gasteiger charge is -2.24. The number of halogens is 5. The molecule has 0 N–H and O–H groups in total. The quantitative estimate of drug-likeness (QED) is 0.258. The molecule has 0 fully saturated rings. The minimum atomic E-state index is -6.09. The smallest absolute Gasteiger partial charge is 0.485 e. The molecule has 0 atom stereocenters. The number of carbonyl (C=O) groups excluding carboxylic acids is 1. The molecule has 1 rings (SSSR count). The van der Waals surface area contributed by atoms with Crippen LogP contribution >= 0.6 is 0 Å². The molecule has 6 nitrogen and oxygen atoms in total. The first kappa shape index (κ1) is 22.2. The molecule has 0 aliphatic rings. The molecular weight excluding hydrogens is 365 g/mol. The van der Waals surface area contributed by atoms with Crippen LogP contribution in [-0.2, 0) is 14.9 Å². The Hall–Kier alpha value is -1.79. The topological polar surface area (TPSA) is 83.5 Å². The van der Waals surface area contributed by atoms with E-state index in [-0.39, 0.29) is 15.7 Å². The van der Waals surface area contributed by atoms with Crippen LogP contribution in [0.5, 0.6) is 0 Å². The number of hydrogen-bond donors (Lipinski definition) is 0. The van der Waals surface area contributed by atoms with Gasteiger partial charge in [-0.1, -0.05) is 0 Å². The van der Waals surface area contributed by atoms with Crippen LogP contribution in [0, 0.1) is 11.6 Å². The summed E-state index contributed by atoms with van der Waals surface area (Å²) in [5, 5.41) is 0. The molecule has 1 aromatic rings. The van der Waals surface area contributed by atoms with E-state index in [1.165, 1.54) is 0 Å². The zero-order valence-corrected chi connectivity index (χ0v) is 13.8. The van der Waals surface area contributed by atoms with Crippen LogP contribution in [0.2, 0.25) is 0 Å². The zero-order chi connectivity index (χ0) is 19.5. The summed E-state index contributed by atoms with van der Waals surface area (Å²) in [6.07, 6.45) is 0. The van der Waals surface area contributed by atoms with Crippen molar-refractivity contribution in [3.63, 3.8) is 0 Å². The lowest BCUT2D eigenvalue weighted by molar-refractivity contribution is -0.0517. The number of hydrogen-bond acceptors (Lipinski definition) is 5. The maximum Gasteiger partial charge on any atom is 0.485 e. The fraction of sp³-hybridized carbons (Fsp3) is 0.417. The summed E-state index contributed by atoms with van der Waals surface area (Å²) in [5.41, 5.74) is -5.87. The Morgan fingerprint density at radius 2 is 1.46 bits per heavy atom. The molecule has 0 radical (unpaired) electrons. The highest BCUT2D eigenvalue weighted by atomic mass is 32.2. The SMILES string of the molecule is COC(=O)c1cc(F)c([N+](C)(C)C)c(F)c1.O=S(=O)([O-])C(F)(F)F. The van der Waals surface area contributed by atoms with Gasteiger partial charge < -0.3 is 9.29 Å². The van der Waals surface area contributed by atoms with Crippen LogP contribution in [0.25, 0.3) is 0 Å². The molecular formula is C12H14F5NO5S. The first-order chi connectivity index (χ1) is 10.5. The van der Waals surface area contributed by atoms with E-state index in [1.54, 1.807) is 21.1 Å². The van der Waals surface area contributed by atoms with Gasteiger partial charge in [-0.3, -0.25) is 4.48 Å². The van der Waals surface area contributed by atoms with Gasteiger partial charge >= 0.3 is 11.5 Å². The van der Waals surface area contributed by atoms with Gasteiger partial charge in [-0.25, -0.2) is 22.0 Å². The molecule has 0 saturated heterocycles. The summed E-state index contributed by atoms with van der Waals surface area (Å²) in [5.74, 6) is -2.27. The highest BCUT2D eigenvalue weighted by Gasteiger charge is 2.36. The van der Waals surface area contributed by atoms with Crippen LogP contribution in [-0.4, -0.2) is 52.7 Å². The second kappa shape index (κ2) is 7.40. The van der Waals surface area contributed by atoms with Gasteiger partial charge in [-0.05, 0) is 12.1 Å². The van der Waals surface area contributed by atoms with E-state index in [4.69, 9.17) is 13.0 Å². The van der Waals surface area contributed by atoms with E-state index >= 15 is 0 Å². The Kier molecular flexibility index (Phi) is 6.85. The average molecular weight is 379 g/mol. The van der Waals surface area contributed by atoms with Gasteiger partial charge in [0.25, 0.3) is 0 Å². The fourth-order valence-electron chi connectivity index (χ4n) is 1.44. The van der Waals surface area contributed by atoms with Crippen molar-refractivity contribution in [1.29, 1.82) is 0 Å². The van der Waals surface area contributed by atoms with Gasteiger partial charge in [0.15, 0.2) is 21.8 Å². The van der Waals surface area contributed by atoms with Crippen molar-refractivity contribution >= 4 is 21.8 Å². The van der Waals surface area contributed by atoms with E-state index in [1.807, 2.05) is 0 Å². The number of methoxy groups -OCH3 is 1. The minimum absolute atomic E-state index is 0.000874. The number of nitrogens with zero attached hydrogens (tertiary/aromatic N) is 1. The van der Waals surface area contributed by atoms with E-state index < -0.39 is 33.2 Å². The molecule has 1 aromatic carbocycles. The van der Waals surface area contributed by atoms with Crippen LogP contribution in [0.15, 0.2) is 12.1 Å². The minimum Gasteiger partial charge on any atom is -0.741 e. The van der Waals surface area contributed by atoms with Crippen LogP contribution < -0.4 is 4.48 Å². The van der Waals surface area contributed by atoms with E-state index in [0.717, 1.165) is 19.2 Å². The highest BCUT2D eigenvalue weighted by molar-refractivity contribution is 7.86. The van der Waals surface area contributed by atoms with E-state index in [2.05, 4.69) is 4.74 Å².